The minimum Gasteiger partial charge on any atom is -0.394 e. The Morgan fingerprint density at radius 2 is 0.667 bits per heavy atom. The highest BCUT2D eigenvalue weighted by atomic mass is 28.3. The van der Waals surface area contributed by atoms with E-state index in [0.717, 1.165) is 16.8 Å². The normalized spacial score (nSPS) is 26.0. The quantitative estimate of drug-likeness (QED) is 0.0310. The van der Waals surface area contributed by atoms with E-state index in [1.807, 2.05) is 12.1 Å². The first-order chi connectivity index (χ1) is 59.4. The van der Waals surface area contributed by atoms with Crippen LogP contribution in [0.2, 0.25) is 58.9 Å². The third-order valence-electron chi connectivity index (χ3n) is 23.6. The largest absolute Gasteiger partial charge is 0.394 e. The van der Waals surface area contributed by atoms with Crippen LogP contribution in [-0.4, -0.2) is 242 Å². The summed E-state index contributed by atoms with van der Waals surface area (Å²) in [5.41, 5.74) is 49.2. The van der Waals surface area contributed by atoms with Gasteiger partial charge in [-0.3, -0.25) is 0 Å². The second-order valence-electron chi connectivity index (χ2n) is 37.1. The van der Waals surface area contributed by atoms with Gasteiger partial charge in [-0.2, -0.15) is 56.3 Å². The summed E-state index contributed by atoms with van der Waals surface area (Å²) in [6.45, 7) is 35.3. The van der Waals surface area contributed by atoms with Gasteiger partial charge in [0.1, 0.15) is 162 Å². The summed E-state index contributed by atoms with van der Waals surface area (Å²) in [6, 6.07) is 9.18. The third-order valence-corrected chi connectivity index (χ3v) is 26.2. The first-order valence-corrected chi connectivity index (χ1v) is 51.7. The molecule has 5 aliphatic rings. The van der Waals surface area contributed by atoms with Crippen LogP contribution in [0.1, 0.15) is 138 Å². The van der Waals surface area contributed by atoms with E-state index in [1.54, 1.807) is 84.0 Å². The molecule has 43 heteroatoms. The van der Waals surface area contributed by atoms with Crippen molar-refractivity contribution in [1.29, 1.82) is 0 Å². The van der Waals surface area contributed by atoms with Gasteiger partial charge >= 0.3 is 0 Å². The predicted octanol–water partition coefficient (Wildman–Crippen LogP) is 8.31. The molecule has 17 N–H and O–H groups in total. The molecule has 12 aromatic rings. The fraction of sp³-hybridized carbons (Fsp3) is 0.518. The van der Waals surface area contributed by atoms with Crippen LogP contribution in [0.15, 0.2) is 74.4 Å². The molecule has 0 saturated carbocycles. The van der Waals surface area contributed by atoms with Gasteiger partial charge in [0.2, 0.25) is 0 Å². The second-order valence-corrected chi connectivity index (χ2v) is 51.3. The Kier molecular flexibility index (Phi) is 26.5. The van der Waals surface area contributed by atoms with Crippen molar-refractivity contribution in [1.82, 2.24) is 104 Å². The van der Waals surface area contributed by atoms with E-state index in [-0.39, 0.29) is 61.6 Å². The molecular formula is C83H110F4N26O10Si3. The van der Waals surface area contributed by atoms with Gasteiger partial charge in [-0.25, -0.2) is 65.1 Å². The Balaban J connectivity index is 0.000000135. The van der Waals surface area contributed by atoms with Crippen molar-refractivity contribution in [3.63, 3.8) is 0 Å². The molecule has 126 heavy (non-hydrogen) atoms. The number of nitrogens with zero attached hydrogens (tertiary/aromatic N) is 19. The van der Waals surface area contributed by atoms with E-state index >= 15 is 0 Å². The molecule has 0 unspecified atom stereocenters. The minimum atomic E-state index is -1.60. The molecule has 17 rings (SSSR count). The monoisotopic (exact) mass is 1790 g/mol. The molecule has 17 heterocycles. The molecule has 17 atom stereocenters. The van der Waals surface area contributed by atoms with Gasteiger partial charge in [-0.15, -0.1) is 16.6 Å². The van der Waals surface area contributed by atoms with Crippen molar-refractivity contribution in [2.45, 2.75) is 207 Å². The lowest BCUT2D eigenvalue weighted by Crippen LogP contribution is -2.31. The Labute approximate surface area is 726 Å². The summed E-state index contributed by atoms with van der Waals surface area (Å²) in [5, 5.41) is 89.5. The van der Waals surface area contributed by atoms with Crippen LogP contribution in [-0.2, 0) is 23.7 Å². The maximum absolute atomic E-state index is 14.8. The van der Waals surface area contributed by atoms with Crippen LogP contribution in [0.4, 0.5) is 46.7 Å². The number of hydrogen-bond acceptors (Lipinski definition) is 29. The van der Waals surface area contributed by atoms with Gasteiger partial charge in [0.05, 0.1) is 109 Å². The van der Waals surface area contributed by atoms with Crippen LogP contribution in [0.25, 0.3) is 50.1 Å². The minimum absolute atomic E-state index is 0.00378. The number of H-pyrrole nitrogens is 2. The molecule has 12 aromatic heterocycles. The average molecular weight is 1790 g/mol. The summed E-state index contributed by atoms with van der Waals surface area (Å²) in [5.74, 6) is 10.6. The van der Waals surface area contributed by atoms with Crippen molar-refractivity contribution in [2.24, 2.45) is 34.0 Å². The number of nitrogens with one attached hydrogen (secondary N) is 2. The smallest absolute Gasteiger partial charge is 0.152 e. The Hall–Kier alpha value is -11.0. The van der Waals surface area contributed by atoms with E-state index in [2.05, 4.69) is 195 Å². The van der Waals surface area contributed by atoms with Crippen LogP contribution < -0.4 is 28.7 Å². The molecule has 5 fully saturated rings. The highest BCUT2D eigenvalue weighted by Gasteiger charge is 2.55. The molecule has 0 aliphatic carbocycles. The van der Waals surface area contributed by atoms with Crippen molar-refractivity contribution >= 4 is 80.9 Å². The zero-order chi connectivity index (χ0) is 91.5. The van der Waals surface area contributed by atoms with Gasteiger partial charge in [0.25, 0.3) is 0 Å². The van der Waals surface area contributed by atoms with Crippen molar-refractivity contribution in [3.05, 3.63) is 120 Å². The standard InChI is InChI=1S/C19H28N4O2Si.C18H25FN4O2Si.C17H23FN4O2Si.C15H18FN7O2.C14H16FN7O2/c1-12-15(10-24)25-17(19(12,2)3)14-9-13(7-8-26(4,5)6)16-18(20)21-11-22-23(14)16;1-18(2)15(19)13(9-24)25-16(18)12-8-11(6-7-26(3,4)5)14-17(20)21-10-22-23(12)14;1-10-13(8-23)24-16(14(10)18)12-7-11(5-6-25(2,3)4)15-17(19)20-9-21-22(12)15;1-15(2)12(16)10(5-24)25-13(15)9-3-7(8-4-19-22-21-8)11-14(17)18-6-20-23(9)11;1-6-10(4-23)24-13(11(6)15)9-2-7(8-3-18-21-20-8)12-14(16)17-5-19-22(9)12/h9,11-12,15,17,24H,10H2,1-6H3,(H2,20,21,22);8,10,13,15-16,24H,9H2,1-5H3,(H2,20,21,22);7,9-10,13-14,16,23H,8H2,1-4H3,(H2,19,20,21);3-4,6,10,12-13,24H,5H2,1-2H3,(H2,17,18,20)(H,19,21,22);2-3,5-6,10-11,13,23H,4H2,1H3,(H2,16,17,19)(H,18,20,21)/t12-,15-,17+;13-,15-,16+;10-,13-,14-,16+;10-,12-,13+;6-,10-,11-,13+/m11111/s1. The molecule has 0 radical (unpaired) electrons. The van der Waals surface area contributed by atoms with Crippen molar-refractivity contribution < 1.29 is 66.8 Å². The summed E-state index contributed by atoms with van der Waals surface area (Å²) >= 11 is 0. The summed E-state index contributed by atoms with van der Waals surface area (Å²) in [4.78, 5) is 20.3. The predicted molar refractivity (Wildman–Crippen MR) is 470 cm³/mol. The zero-order valence-corrected chi connectivity index (χ0v) is 76.5. The number of halogens is 4. The molecule has 0 aromatic carbocycles. The number of aliphatic hydroxyl groups is 5. The number of rotatable bonds is 12. The van der Waals surface area contributed by atoms with Gasteiger partial charge in [0, 0.05) is 39.2 Å². The SMILES string of the molecule is CC1(C)[C@H](F)[C@@H](CO)O[C@H]1c1cc(-c2cn[nH]n2)c2c(N)ncnn12.CC1(C)[C@H](F)[C@@H](CO)O[C@H]1c1cc(C#C[Si](C)(C)C)c2c(N)ncnn12.C[C@@H]1[C@@H](CO)O[C@@H](c2cc(C#C[Si](C)(C)C)c3c(N)ncnn23)C1(C)C.C[C@H]1[C@@H](F)[C@H](c2cc(-c3cn[nH]n3)c3c(N)ncnn23)O[C@@H]1CO.C[C@H]1[C@@H](F)[C@H](c2cc(C#C[Si](C)(C)C)c3c(N)ncnn23)O[C@@H]1CO. The van der Waals surface area contributed by atoms with E-state index in [9.17, 15) is 43.1 Å². The lowest BCUT2D eigenvalue weighted by molar-refractivity contribution is -0.0142. The number of aromatic amines is 2. The maximum Gasteiger partial charge on any atom is 0.152 e. The number of alkyl halides is 4. The Morgan fingerprint density at radius 1 is 0.389 bits per heavy atom. The maximum atomic E-state index is 14.8. The zero-order valence-electron chi connectivity index (χ0n) is 73.5. The van der Waals surface area contributed by atoms with E-state index in [1.165, 1.54) is 42.3 Å². The number of aromatic nitrogens is 21. The molecule has 36 nitrogen and oxygen atoms in total. The summed E-state index contributed by atoms with van der Waals surface area (Å²) in [6.07, 6.45) is -1.42. The molecule has 5 aliphatic heterocycles. The topological polar surface area (TPSA) is 511 Å². The highest BCUT2D eigenvalue weighted by molar-refractivity contribution is 6.84. The summed E-state index contributed by atoms with van der Waals surface area (Å²) in [7, 11) is -4.74. The van der Waals surface area contributed by atoms with Gasteiger partial charge in [-0.1, -0.05) is 139 Å². The van der Waals surface area contributed by atoms with Crippen LogP contribution in [0.5, 0.6) is 0 Å². The number of nitrogen functional groups attached to an aromatic ring is 5. The van der Waals surface area contributed by atoms with Crippen LogP contribution in [0, 0.1) is 68.4 Å². The van der Waals surface area contributed by atoms with Crippen molar-refractivity contribution in [3.8, 4) is 56.9 Å². The second kappa shape index (κ2) is 36.0. The van der Waals surface area contributed by atoms with Crippen LogP contribution in [0.3, 0.4) is 0 Å². The van der Waals surface area contributed by atoms with Gasteiger partial charge in [0.15, 0.2) is 29.1 Å². The summed E-state index contributed by atoms with van der Waals surface area (Å²) < 4.78 is 96.3. The number of fused-ring (bicyclic) bond motifs is 5. The Bertz CT molecular complexity index is 5970. The first-order valence-electron chi connectivity index (χ1n) is 41.2. The highest BCUT2D eigenvalue weighted by Crippen LogP contribution is 2.54. The first kappa shape index (κ1) is 92.7. The number of hydrogen-bond donors (Lipinski definition) is 12. The number of nitrogens with two attached hydrogens (primary N) is 5. The molecule has 0 amide bonds. The average Bonchev–Trinajstić information content (AvgIpc) is 1.61. The fourth-order valence-corrected chi connectivity index (χ4v) is 17.8. The van der Waals surface area contributed by atoms with E-state index < -0.39 is 127 Å². The molecule has 0 spiro atoms. The number of anilines is 5. The fourth-order valence-electron chi connectivity index (χ4n) is 16.2. The molecule has 0 bridgehead atoms. The lowest BCUT2D eigenvalue weighted by Gasteiger charge is -2.28. The van der Waals surface area contributed by atoms with E-state index in [4.69, 9.17) is 52.4 Å². The number of aliphatic hydroxyl groups excluding tert-OH is 5. The van der Waals surface area contributed by atoms with Crippen LogP contribution >= 0.6 is 0 Å². The third kappa shape index (κ3) is 18.0. The lowest BCUT2D eigenvalue weighted by atomic mass is 9.75. The van der Waals surface area contributed by atoms with E-state index in [0.29, 0.717) is 95.9 Å². The number of ether oxygens (including phenoxy) is 5. The van der Waals surface area contributed by atoms with Gasteiger partial charge in [-0.05, 0) is 36.2 Å². The molecule has 5 saturated heterocycles. The molecule has 672 valence electrons. The van der Waals surface area contributed by atoms with Crippen molar-refractivity contribution in [2.75, 3.05) is 61.7 Å². The molecular weight excluding hydrogens is 1680 g/mol. The Morgan fingerprint density at radius 3 is 0.968 bits per heavy atom. The van der Waals surface area contributed by atoms with Gasteiger partial charge < -0.3 is 77.9 Å².